The molecule has 6 nitrogen and oxygen atoms in total. The lowest BCUT2D eigenvalue weighted by Crippen LogP contribution is -2.44. The highest BCUT2D eigenvalue weighted by Crippen LogP contribution is 2.33. The normalized spacial score (nSPS) is 19.1. The van der Waals surface area contributed by atoms with Crippen LogP contribution in [-0.4, -0.2) is 45.5 Å². The fourth-order valence-corrected chi connectivity index (χ4v) is 3.01. The smallest absolute Gasteiger partial charge is 0.254 e. The van der Waals surface area contributed by atoms with Crippen LogP contribution >= 0.6 is 0 Å². The molecule has 0 bridgehead atoms. The predicted molar refractivity (Wildman–Crippen MR) is 82.6 cm³/mol. The molecule has 120 valence electrons. The largest absolute Gasteiger partial charge is 0.361 e. The van der Waals surface area contributed by atoms with Gasteiger partial charge >= 0.3 is 0 Å². The summed E-state index contributed by atoms with van der Waals surface area (Å²) in [7, 11) is 1.49. The molecule has 0 spiro atoms. The Hall–Kier alpha value is -1.86. The summed E-state index contributed by atoms with van der Waals surface area (Å²) in [5.41, 5.74) is 1.53. The molecule has 22 heavy (non-hydrogen) atoms. The van der Waals surface area contributed by atoms with Crippen molar-refractivity contribution in [2.45, 2.75) is 18.9 Å². The molecule has 1 saturated heterocycles. The maximum absolute atomic E-state index is 14.3. The molecule has 0 aromatic heterocycles. The molecule has 2 heterocycles. The first kappa shape index (κ1) is 15.1. The minimum absolute atomic E-state index is 0.0425. The van der Waals surface area contributed by atoms with Gasteiger partial charge in [0.15, 0.2) is 0 Å². The Morgan fingerprint density at radius 2 is 2.18 bits per heavy atom. The van der Waals surface area contributed by atoms with Crippen LogP contribution in [0.3, 0.4) is 0 Å². The van der Waals surface area contributed by atoms with Crippen LogP contribution in [0, 0.1) is 5.82 Å². The van der Waals surface area contributed by atoms with Crippen molar-refractivity contribution in [1.29, 1.82) is 0 Å². The molecule has 0 saturated carbocycles. The number of carbonyl (C=O) groups is 1. The SMILES string of the molecule is CNC(=O)c1cc2c(cc1F)N(C1CCNCC1)COCN2. The van der Waals surface area contributed by atoms with E-state index in [1.807, 2.05) is 0 Å². The number of anilines is 2. The van der Waals surface area contributed by atoms with Crippen molar-refractivity contribution in [2.24, 2.45) is 0 Å². The Morgan fingerprint density at radius 3 is 2.91 bits per heavy atom. The fourth-order valence-electron chi connectivity index (χ4n) is 3.01. The average molecular weight is 308 g/mol. The summed E-state index contributed by atoms with van der Waals surface area (Å²) in [5, 5.41) is 8.90. The molecule has 3 N–H and O–H groups in total. The van der Waals surface area contributed by atoms with Crippen LogP contribution in [0.5, 0.6) is 0 Å². The first-order valence-electron chi connectivity index (χ1n) is 7.55. The zero-order valence-electron chi connectivity index (χ0n) is 12.6. The van der Waals surface area contributed by atoms with E-state index in [9.17, 15) is 9.18 Å². The number of halogens is 1. The zero-order valence-corrected chi connectivity index (χ0v) is 12.6. The lowest BCUT2D eigenvalue weighted by molar-refractivity contribution is 0.0959. The van der Waals surface area contributed by atoms with Gasteiger partial charge in [0, 0.05) is 19.2 Å². The number of rotatable bonds is 2. The summed E-state index contributed by atoms with van der Waals surface area (Å²) >= 11 is 0. The van der Waals surface area contributed by atoms with Crippen molar-refractivity contribution in [3.63, 3.8) is 0 Å². The van der Waals surface area contributed by atoms with Gasteiger partial charge in [-0.1, -0.05) is 0 Å². The topological polar surface area (TPSA) is 65.6 Å². The van der Waals surface area contributed by atoms with Crippen LogP contribution in [-0.2, 0) is 4.74 Å². The monoisotopic (exact) mass is 308 g/mol. The summed E-state index contributed by atoms with van der Waals surface area (Å²) in [4.78, 5) is 13.8. The molecule has 0 atom stereocenters. The van der Waals surface area contributed by atoms with Gasteiger partial charge in [-0.15, -0.1) is 0 Å². The van der Waals surface area contributed by atoms with Crippen molar-refractivity contribution in [2.75, 3.05) is 43.8 Å². The second-order valence-corrected chi connectivity index (χ2v) is 5.53. The van der Waals surface area contributed by atoms with Crippen molar-refractivity contribution in [3.05, 3.63) is 23.5 Å². The number of carbonyl (C=O) groups excluding carboxylic acids is 1. The molecule has 1 amide bonds. The first-order chi connectivity index (χ1) is 10.7. The third-order valence-electron chi connectivity index (χ3n) is 4.21. The summed E-state index contributed by atoms with van der Waals surface area (Å²) < 4.78 is 19.9. The Bertz CT molecular complexity index is 561. The van der Waals surface area contributed by atoms with Crippen molar-refractivity contribution in [1.82, 2.24) is 10.6 Å². The molecule has 0 unspecified atom stereocenters. The fraction of sp³-hybridized carbons (Fsp3) is 0.533. The minimum Gasteiger partial charge on any atom is -0.361 e. The van der Waals surface area contributed by atoms with Crippen molar-refractivity contribution in [3.8, 4) is 0 Å². The second kappa shape index (κ2) is 6.50. The number of nitrogens with zero attached hydrogens (tertiary/aromatic N) is 1. The first-order valence-corrected chi connectivity index (χ1v) is 7.55. The number of fused-ring (bicyclic) bond motifs is 1. The molecule has 0 aliphatic carbocycles. The Labute approximate surface area is 129 Å². The molecule has 3 rings (SSSR count). The molecule has 1 fully saturated rings. The van der Waals surface area contributed by atoms with E-state index in [-0.39, 0.29) is 5.56 Å². The molecular formula is C15H21FN4O2. The summed E-state index contributed by atoms with van der Waals surface area (Å²) in [6.45, 7) is 2.65. The maximum Gasteiger partial charge on any atom is 0.254 e. The third-order valence-corrected chi connectivity index (χ3v) is 4.21. The lowest BCUT2D eigenvalue weighted by atomic mass is 10.0. The average Bonchev–Trinajstić information content (AvgIpc) is 2.76. The molecule has 0 radical (unpaired) electrons. The van der Waals surface area contributed by atoms with Crippen LogP contribution in [0.2, 0.25) is 0 Å². The molecule has 1 aromatic carbocycles. The Kier molecular flexibility index (Phi) is 4.44. The Balaban J connectivity index is 1.97. The number of benzene rings is 1. The van der Waals surface area contributed by atoms with E-state index in [0.29, 0.717) is 19.5 Å². The van der Waals surface area contributed by atoms with E-state index in [4.69, 9.17) is 4.74 Å². The van der Waals surface area contributed by atoms with Gasteiger partial charge in [0.25, 0.3) is 5.91 Å². The molecule has 1 aromatic rings. The van der Waals surface area contributed by atoms with Gasteiger partial charge in [-0.2, -0.15) is 0 Å². The van der Waals surface area contributed by atoms with Gasteiger partial charge in [0.2, 0.25) is 0 Å². The van der Waals surface area contributed by atoms with Crippen LogP contribution in [0.25, 0.3) is 0 Å². The van der Waals surface area contributed by atoms with Gasteiger partial charge in [0.05, 0.1) is 16.9 Å². The molecule has 2 aliphatic rings. The van der Waals surface area contributed by atoms with Gasteiger partial charge in [0.1, 0.15) is 19.3 Å². The van der Waals surface area contributed by atoms with Gasteiger partial charge in [-0.25, -0.2) is 4.39 Å². The number of nitrogens with one attached hydrogen (secondary N) is 3. The minimum atomic E-state index is -0.513. The molecular weight excluding hydrogens is 287 g/mol. The maximum atomic E-state index is 14.3. The number of ether oxygens (including phenoxy) is 1. The lowest BCUT2D eigenvalue weighted by Gasteiger charge is -2.35. The highest BCUT2D eigenvalue weighted by Gasteiger charge is 2.27. The number of piperidine rings is 1. The van der Waals surface area contributed by atoms with Crippen LogP contribution in [0.4, 0.5) is 15.8 Å². The third kappa shape index (κ3) is 2.86. The predicted octanol–water partition coefficient (Wildman–Crippen LogP) is 1.10. The molecule has 7 heteroatoms. The highest BCUT2D eigenvalue weighted by molar-refractivity contribution is 5.96. The Morgan fingerprint density at radius 1 is 1.41 bits per heavy atom. The number of amides is 1. The van der Waals surface area contributed by atoms with Gasteiger partial charge in [-0.3, -0.25) is 4.79 Å². The van der Waals surface area contributed by atoms with E-state index in [0.717, 1.165) is 37.3 Å². The number of hydrogen-bond acceptors (Lipinski definition) is 5. The van der Waals surface area contributed by atoms with Crippen LogP contribution < -0.4 is 20.9 Å². The van der Waals surface area contributed by atoms with E-state index >= 15 is 0 Å². The highest BCUT2D eigenvalue weighted by atomic mass is 19.1. The van der Waals surface area contributed by atoms with Crippen LogP contribution in [0.1, 0.15) is 23.2 Å². The van der Waals surface area contributed by atoms with E-state index in [1.165, 1.54) is 13.1 Å². The summed E-state index contributed by atoms with van der Waals surface area (Å²) in [5.74, 6) is -0.943. The summed E-state index contributed by atoms with van der Waals surface area (Å²) in [6.07, 6.45) is 1.98. The zero-order chi connectivity index (χ0) is 15.5. The van der Waals surface area contributed by atoms with E-state index in [2.05, 4.69) is 20.9 Å². The van der Waals surface area contributed by atoms with Gasteiger partial charge in [-0.05, 0) is 32.0 Å². The summed E-state index contributed by atoms with van der Waals surface area (Å²) in [6, 6.07) is 3.31. The quantitative estimate of drug-likeness (QED) is 0.763. The van der Waals surface area contributed by atoms with Crippen molar-refractivity contribution < 1.29 is 13.9 Å². The van der Waals surface area contributed by atoms with E-state index < -0.39 is 11.7 Å². The van der Waals surface area contributed by atoms with Crippen LogP contribution in [0.15, 0.2) is 12.1 Å². The van der Waals surface area contributed by atoms with E-state index in [1.54, 1.807) is 6.07 Å². The number of hydrogen-bond donors (Lipinski definition) is 3. The second-order valence-electron chi connectivity index (χ2n) is 5.53. The molecule has 2 aliphatic heterocycles. The standard InChI is InChI=1S/C15H21FN4O2/c1-17-15(21)11-6-13-14(7-12(11)16)20(9-22-8-19-13)10-2-4-18-5-3-10/h6-7,10,18-19H,2-5,8-9H2,1H3,(H,17,21). The van der Waals surface area contributed by atoms with Crippen molar-refractivity contribution >= 4 is 17.3 Å². The van der Waals surface area contributed by atoms with Gasteiger partial charge < -0.3 is 25.6 Å².